The summed E-state index contributed by atoms with van der Waals surface area (Å²) in [5, 5.41) is 9.70. The van der Waals surface area contributed by atoms with Crippen molar-refractivity contribution in [1.29, 1.82) is 0 Å². The molecule has 0 radical (unpaired) electrons. The molecule has 2 aromatic rings. The monoisotopic (exact) mass is 276 g/mol. The van der Waals surface area contributed by atoms with Gasteiger partial charge in [-0.15, -0.1) is 0 Å². The maximum absolute atomic E-state index is 9.70. The second-order valence-corrected chi connectivity index (χ2v) is 6.11. The van der Waals surface area contributed by atoms with Gasteiger partial charge in [0.25, 0.3) is 0 Å². The van der Waals surface area contributed by atoms with Gasteiger partial charge in [-0.25, -0.2) is 0 Å². The van der Waals surface area contributed by atoms with E-state index in [1.54, 1.807) is 18.2 Å². The van der Waals surface area contributed by atoms with Gasteiger partial charge < -0.3 is 14.4 Å². The van der Waals surface area contributed by atoms with E-state index in [0.29, 0.717) is 18.1 Å². The van der Waals surface area contributed by atoms with E-state index in [1.807, 2.05) is 43.7 Å². The van der Waals surface area contributed by atoms with Crippen molar-refractivity contribution in [2.75, 3.05) is 13.3 Å². The predicted molar refractivity (Wildman–Crippen MR) is 78.3 cm³/mol. The number of phenols is 1. The Balaban J connectivity index is 2.04. The van der Waals surface area contributed by atoms with Gasteiger partial charge in [0, 0.05) is 6.07 Å². The lowest BCUT2D eigenvalue weighted by Crippen LogP contribution is -1.95. The second-order valence-electron chi connectivity index (χ2n) is 4.31. The van der Waals surface area contributed by atoms with Crippen molar-refractivity contribution in [3.63, 3.8) is 0 Å². The number of hydrogen-bond donors (Lipinski definition) is 1. The number of benzene rings is 2. The SMILES string of the molecule is CP(C)Oc1cc(OCc2ccccc2)ccc1O. The molecule has 0 heterocycles. The summed E-state index contributed by atoms with van der Waals surface area (Å²) < 4.78 is 11.3. The molecule has 0 amide bonds. The smallest absolute Gasteiger partial charge is 0.168 e. The van der Waals surface area contributed by atoms with Crippen molar-refractivity contribution >= 4 is 8.15 Å². The van der Waals surface area contributed by atoms with Crippen LogP contribution in [0.2, 0.25) is 0 Å². The highest BCUT2D eigenvalue weighted by atomic mass is 31.1. The topological polar surface area (TPSA) is 38.7 Å². The largest absolute Gasteiger partial charge is 0.504 e. The Morgan fingerprint density at radius 3 is 2.47 bits per heavy atom. The summed E-state index contributed by atoms with van der Waals surface area (Å²) in [5.41, 5.74) is 1.10. The van der Waals surface area contributed by atoms with Crippen LogP contribution in [0.15, 0.2) is 48.5 Å². The van der Waals surface area contributed by atoms with Gasteiger partial charge in [-0.2, -0.15) is 0 Å². The van der Waals surface area contributed by atoms with E-state index in [1.165, 1.54) is 0 Å². The molecule has 0 aliphatic rings. The fourth-order valence-corrected chi connectivity index (χ4v) is 2.13. The molecule has 0 atom stereocenters. The molecular weight excluding hydrogens is 259 g/mol. The molecule has 2 aromatic carbocycles. The summed E-state index contributed by atoms with van der Waals surface area (Å²) in [6.07, 6.45) is 0. The van der Waals surface area contributed by atoms with Gasteiger partial charge in [0.1, 0.15) is 12.4 Å². The van der Waals surface area contributed by atoms with Gasteiger partial charge in [0.15, 0.2) is 11.5 Å². The molecule has 0 saturated heterocycles. The van der Waals surface area contributed by atoms with Crippen molar-refractivity contribution in [2.24, 2.45) is 0 Å². The van der Waals surface area contributed by atoms with Gasteiger partial charge in [-0.3, -0.25) is 0 Å². The van der Waals surface area contributed by atoms with Crippen molar-refractivity contribution in [3.05, 3.63) is 54.1 Å². The third-order valence-electron chi connectivity index (χ3n) is 2.46. The lowest BCUT2D eigenvalue weighted by Gasteiger charge is -2.13. The summed E-state index contributed by atoms with van der Waals surface area (Å²) in [7, 11) is -0.574. The summed E-state index contributed by atoms with van der Waals surface area (Å²) in [6.45, 7) is 4.45. The lowest BCUT2D eigenvalue weighted by atomic mass is 10.2. The summed E-state index contributed by atoms with van der Waals surface area (Å²) in [4.78, 5) is 0. The summed E-state index contributed by atoms with van der Waals surface area (Å²) in [5.74, 6) is 1.30. The lowest BCUT2D eigenvalue weighted by molar-refractivity contribution is 0.304. The molecule has 1 N–H and O–H groups in total. The van der Waals surface area contributed by atoms with Crippen molar-refractivity contribution < 1.29 is 14.4 Å². The first-order chi connectivity index (χ1) is 9.15. The molecule has 0 saturated carbocycles. The fraction of sp³-hybridized carbons (Fsp3) is 0.200. The maximum Gasteiger partial charge on any atom is 0.168 e. The van der Waals surface area contributed by atoms with E-state index in [-0.39, 0.29) is 5.75 Å². The Bertz CT molecular complexity index is 526. The first-order valence-electron chi connectivity index (χ1n) is 6.00. The molecule has 19 heavy (non-hydrogen) atoms. The zero-order valence-corrected chi connectivity index (χ0v) is 11.9. The van der Waals surface area contributed by atoms with E-state index in [0.717, 1.165) is 5.56 Å². The molecule has 0 unspecified atom stereocenters. The molecule has 0 aliphatic heterocycles. The van der Waals surface area contributed by atoms with Crippen molar-refractivity contribution in [3.8, 4) is 17.2 Å². The van der Waals surface area contributed by atoms with Crippen molar-refractivity contribution in [2.45, 2.75) is 6.61 Å². The molecule has 4 heteroatoms. The predicted octanol–water partition coefficient (Wildman–Crippen LogP) is 4.01. The first kappa shape index (κ1) is 13.7. The van der Waals surface area contributed by atoms with Crippen LogP contribution < -0.4 is 9.26 Å². The van der Waals surface area contributed by atoms with Crippen LogP contribution >= 0.6 is 8.15 Å². The Hall–Kier alpha value is -1.73. The minimum atomic E-state index is -0.574. The van der Waals surface area contributed by atoms with E-state index < -0.39 is 8.15 Å². The van der Waals surface area contributed by atoms with Crippen LogP contribution in [0.4, 0.5) is 0 Å². The van der Waals surface area contributed by atoms with Crippen LogP contribution in [0, 0.1) is 0 Å². The van der Waals surface area contributed by atoms with Crippen LogP contribution in [0.3, 0.4) is 0 Å². The molecule has 100 valence electrons. The molecule has 0 aliphatic carbocycles. The zero-order chi connectivity index (χ0) is 13.7. The summed E-state index contributed by atoms with van der Waals surface area (Å²) >= 11 is 0. The molecule has 0 spiro atoms. The second kappa shape index (κ2) is 6.44. The Morgan fingerprint density at radius 1 is 1.05 bits per heavy atom. The standard InChI is InChI=1S/C15H17O3P/c1-19(2)18-15-10-13(8-9-14(15)16)17-11-12-6-4-3-5-7-12/h3-10,16H,11H2,1-2H3. The van der Waals surface area contributed by atoms with Crippen LogP contribution in [0.25, 0.3) is 0 Å². The van der Waals surface area contributed by atoms with Crippen LogP contribution in [-0.4, -0.2) is 18.4 Å². The number of aromatic hydroxyl groups is 1. The van der Waals surface area contributed by atoms with Gasteiger partial charge in [0.05, 0.1) is 8.15 Å². The van der Waals surface area contributed by atoms with Crippen molar-refractivity contribution in [1.82, 2.24) is 0 Å². The molecule has 0 fully saturated rings. The van der Waals surface area contributed by atoms with E-state index in [9.17, 15) is 5.11 Å². The highest BCUT2D eigenvalue weighted by molar-refractivity contribution is 7.51. The van der Waals surface area contributed by atoms with Crippen LogP contribution in [-0.2, 0) is 6.61 Å². The van der Waals surface area contributed by atoms with Crippen LogP contribution in [0.1, 0.15) is 5.56 Å². The highest BCUT2D eigenvalue weighted by Gasteiger charge is 2.07. The van der Waals surface area contributed by atoms with E-state index in [2.05, 4.69) is 0 Å². The quantitative estimate of drug-likeness (QED) is 0.839. The average Bonchev–Trinajstić information content (AvgIpc) is 2.40. The van der Waals surface area contributed by atoms with E-state index in [4.69, 9.17) is 9.26 Å². The highest BCUT2D eigenvalue weighted by Crippen LogP contribution is 2.38. The van der Waals surface area contributed by atoms with Gasteiger partial charge >= 0.3 is 0 Å². The maximum atomic E-state index is 9.70. The first-order valence-corrected chi connectivity index (χ1v) is 8.15. The molecule has 0 aromatic heterocycles. The van der Waals surface area contributed by atoms with Gasteiger partial charge in [0.2, 0.25) is 0 Å². The Labute approximate surface area is 114 Å². The summed E-state index contributed by atoms with van der Waals surface area (Å²) in [6, 6.07) is 15.0. The minimum absolute atomic E-state index is 0.142. The van der Waals surface area contributed by atoms with Gasteiger partial charge in [-0.1, -0.05) is 30.3 Å². The number of hydrogen-bond acceptors (Lipinski definition) is 3. The third-order valence-corrected chi connectivity index (χ3v) is 3.02. The molecule has 2 rings (SSSR count). The fourth-order valence-electron chi connectivity index (χ4n) is 1.59. The zero-order valence-electron chi connectivity index (χ0n) is 11.0. The normalized spacial score (nSPS) is 10.5. The molecular formula is C15H17O3P. The number of phenolic OH excluding ortho intramolecular Hbond substituents is 1. The number of rotatable bonds is 5. The van der Waals surface area contributed by atoms with Crippen LogP contribution in [0.5, 0.6) is 17.2 Å². The molecule has 0 bridgehead atoms. The number of ether oxygens (including phenoxy) is 1. The van der Waals surface area contributed by atoms with E-state index >= 15 is 0 Å². The Kier molecular flexibility index (Phi) is 4.64. The Morgan fingerprint density at radius 2 is 1.79 bits per heavy atom. The minimum Gasteiger partial charge on any atom is -0.504 e. The molecule has 3 nitrogen and oxygen atoms in total. The third kappa shape index (κ3) is 4.15. The van der Waals surface area contributed by atoms with Gasteiger partial charge in [-0.05, 0) is 31.0 Å². The average molecular weight is 276 g/mol.